The van der Waals surface area contributed by atoms with E-state index >= 15 is 0 Å². The molecule has 0 aliphatic carbocycles. The van der Waals surface area contributed by atoms with Crippen molar-refractivity contribution in [1.82, 2.24) is 4.90 Å². The Kier molecular flexibility index (Phi) is 7.12. The molecule has 0 aliphatic heterocycles. The van der Waals surface area contributed by atoms with Gasteiger partial charge in [0.05, 0.1) is 13.2 Å². The highest BCUT2D eigenvalue weighted by molar-refractivity contribution is 5.37. The fourth-order valence-electron chi connectivity index (χ4n) is 1.59. The summed E-state index contributed by atoms with van der Waals surface area (Å²) >= 11 is 0. The van der Waals surface area contributed by atoms with Crippen molar-refractivity contribution < 1.29 is 14.2 Å². The molecule has 0 amide bonds. The molecule has 0 saturated heterocycles. The van der Waals surface area contributed by atoms with Crippen LogP contribution in [0.2, 0.25) is 0 Å². The molecule has 1 aromatic carbocycles. The predicted molar refractivity (Wildman–Crippen MR) is 73.2 cm³/mol. The largest absolute Gasteiger partial charge is 0.395 e. The summed E-state index contributed by atoms with van der Waals surface area (Å²) in [6, 6.07) is 4.98. The van der Waals surface area contributed by atoms with E-state index in [1.807, 2.05) is 11.9 Å². The van der Waals surface area contributed by atoms with E-state index in [1.165, 1.54) is 6.07 Å². The van der Waals surface area contributed by atoms with Crippen LogP contribution in [0.3, 0.4) is 0 Å². The Hall–Kier alpha value is -1.41. The second-order valence-electron chi connectivity index (χ2n) is 4.31. The molecule has 0 unspecified atom stereocenters. The van der Waals surface area contributed by atoms with Gasteiger partial charge in [0.1, 0.15) is 5.82 Å². The van der Waals surface area contributed by atoms with Gasteiger partial charge >= 0.3 is 0 Å². The zero-order chi connectivity index (χ0) is 14.1. The van der Waals surface area contributed by atoms with Gasteiger partial charge in [0, 0.05) is 37.7 Å². The number of halogens is 1. The number of rotatable bonds is 6. The number of methoxy groups -OCH3 is 1. The van der Waals surface area contributed by atoms with Crippen molar-refractivity contribution in [3.8, 4) is 11.8 Å². The van der Waals surface area contributed by atoms with Gasteiger partial charge in [-0.2, -0.15) is 0 Å². The molecule has 4 heteroatoms. The first-order valence-corrected chi connectivity index (χ1v) is 6.23. The number of likely N-dealkylation sites (N-methyl/N-ethyl adjacent to an activating group) is 1. The summed E-state index contributed by atoms with van der Waals surface area (Å²) in [4.78, 5) is 2.00. The van der Waals surface area contributed by atoms with E-state index in [-0.39, 0.29) is 12.4 Å². The molecule has 3 nitrogen and oxygen atoms in total. The lowest BCUT2D eigenvalue weighted by molar-refractivity contribution is 0.158. The number of aliphatic hydroxyl groups excluding tert-OH is 1. The molecule has 0 spiro atoms. The normalized spacial score (nSPS) is 10.4. The number of hydrogen-bond acceptors (Lipinski definition) is 3. The first kappa shape index (κ1) is 15.6. The summed E-state index contributed by atoms with van der Waals surface area (Å²) in [5, 5.41) is 8.62. The molecule has 104 valence electrons. The summed E-state index contributed by atoms with van der Waals surface area (Å²) in [5.74, 6) is 5.34. The fourth-order valence-corrected chi connectivity index (χ4v) is 1.59. The molecule has 1 aromatic rings. The lowest BCUT2D eigenvalue weighted by Crippen LogP contribution is -2.22. The van der Waals surface area contributed by atoms with E-state index in [0.29, 0.717) is 30.7 Å². The van der Waals surface area contributed by atoms with Crippen LogP contribution in [0.25, 0.3) is 0 Å². The third kappa shape index (κ3) is 5.84. The highest BCUT2D eigenvalue weighted by Gasteiger charge is 2.06. The smallest absolute Gasteiger partial charge is 0.128 e. The van der Waals surface area contributed by atoms with E-state index in [2.05, 4.69) is 11.8 Å². The number of hydrogen-bond donors (Lipinski definition) is 1. The van der Waals surface area contributed by atoms with Crippen molar-refractivity contribution in [3.05, 3.63) is 35.1 Å². The molecule has 1 rings (SSSR count). The maximum atomic E-state index is 13.9. The van der Waals surface area contributed by atoms with E-state index < -0.39 is 0 Å². The molecule has 0 fully saturated rings. The molecule has 0 radical (unpaired) electrons. The maximum Gasteiger partial charge on any atom is 0.128 e. The maximum absolute atomic E-state index is 13.9. The van der Waals surface area contributed by atoms with E-state index in [1.54, 1.807) is 19.2 Å². The zero-order valence-corrected chi connectivity index (χ0v) is 11.4. The highest BCUT2D eigenvalue weighted by atomic mass is 19.1. The molecule has 0 atom stereocenters. The van der Waals surface area contributed by atoms with E-state index in [0.717, 1.165) is 6.54 Å². The van der Waals surface area contributed by atoms with Gasteiger partial charge in [-0.05, 0) is 19.2 Å². The molecule has 0 aromatic heterocycles. The monoisotopic (exact) mass is 265 g/mol. The summed E-state index contributed by atoms with van der Waals surface area (Å²) in [6.45, 7) is 1.95. The van der Waals surface area contributed by atoms with Gasteiger partial charge in [-0.1, -0.05) is 17.9 Å². The van der Waals surface area contributed by atoms with Crippen LogP contribution in [0.5, 0.6) is 0 Å². The SMILES string of the molecule is COCCN(C)Cc1ccc(C#CCCO)cc1F. The van der Waals surface area contributed by atoms with Crippen LogP contribution >= 0.6 is 0 Å². The van der Waals surface area contributed by atoms with Crippen LogP contribution in [-0.4, -0.2) is 43.9 Å². The molecule has 1 N–H and O–H groups in total. The summed E-state index contributed by atoms with van der Waals surface area (Å²) < 4.78 is 18.8. The molecule has 0 bridgehead atoms. The first-order valence-electron chi connectivity index (χ1n) is 6.23. The van der Waals surface area contributed by atoms with Gasteiger partial charge in [0.15, 0.2) is 0 Å². The summed E-state index contributed by atoms with van der Waals surface area (Å²) in [5.41, 5.74) is 1.28. The van der Waals surface area contributed by atoms with Crippen LogP contribution in [0.1, 0.15) is 17.5 Å². The third-order valence-corrected chi connectivity index (χ3v) is 2.64. The van der Waals surface area contributed by atoms with Gasteiger partial charge in [0.2, 0.25) is 0 Å². The van der Waals surface area contributed by atoms with Crippen molar-refractivity contribution in [2.45, 2.75) is 13.0 Å². The lowest BCUT2D eigenvalue weighted by atomic mass is 10.1. The van der Waals surface area contributed by atoms with Crippen molar-refractivity contribution in [2.24, 2.45) is 0 Å². The molecule has 0 aliphatic rings. The predicted octanol–water partition coefficient (Wildman–Crippen LogP) is 1.64. The molecule has 0 heterocycles. The number of nitrogens with zero attached hydrogens (tertiary/aromatic N) is 1. The summed E-state index contributed by atoms with van der Waals surface area (Å²) in [6.07, 6.45) is 0.406. The quantitative estimate of drug-likeness (QED) is 0.794. The Morgan fingerprint density at radius 1 is 1.42 bits per heavy atom. The Balaban J connectivity index is 2.64. The van der Waals surface area contributed by atoms with Crippen molar-refractivity contribution in [1.29, 1.82) is 0 Å². The van der Waals surface area contributed by atoms with Gasteiger partial charge in [-0.25, -0.2) is 4.39 Å². The van der Waals surface area contributed by atoms with Crippen molar-refractivity contribution >= 4 is 0 Å². The average Bonchev–Trinajstić information content (AvgIpc) is 2.40. The molecule has 19 heavy (non-hydrogen) atoms. The molecular weight excluding hydrogens is 245 g/mol. The van der Waals surface area contributed by atoms with Gasteiger partial charge in [-0.15, -0.1) is 0 Å². The lowest BCUT2D eigenvalue weighted by Gasteiger charge is -2.16. The Morgan fingerprint density at radius 2 is 2.21 bits per heavy atom. The zero-order valence-electron chi connectivity index (χ0n) is 11.4. The fraction of sp³-hybridized carbons (Fsp3) is 0.467. The van der Waals surface area contributed by atoms with Gasteiger partial charge < -0.3 is 9.84 Å². The second-order valence-corrected chi connectivity index (χ2v) is 4.31. The third-order valence-electron chi connectivity index (χ3n) is 2.64. The minimum absolute atomic E-state index is 0.0257. The minimum atomic E-state index is -0.250. The highest BCUT2D eigenvalue weighted by Crippen LogP contribution is 2.12. The van der Waals surface area contributed by atoms with Crippen LogP contribution in [-0.2, 0) is 11.3 Å². The van der Waals surface area contributed by atoms with Crippen LogP contribution in [0.4, 0.5) is 4.39 Å². The Labute approximate surface area is 114 Å². The standard InChI is InChI=1S/C15H20FNO2/c1-17(8-10-19-2)12-14-7-6-13(11-15(14)16)5-3-4-9-18/h6-7,11,18H,4,8-10,12H2,1-2H3. The van der Waals surface area contributed by atoms with Crippen molar-refractivity contribution in [2.75, 3.05) is 33.9 Å². The van der Waals surface area contributed by atoms with Crippen LogP contribution in [0, 0.1) is 17.7 Å². The average molecular weight is 265 g/mol. The number of ether oxygens (including phenoxy) is 1. The topological polar surface area (TPSA) is 32.7 Å². The Bertz CT molecular complexity index is 451. The van der Waals surface area contributed by atoms with Crippen LogP contribution in [0.15, 0.2) is 18.2 Å². The van der Waals surface area contributed by atoms with Gasteiger partial charge in [-0.3, -0.25) is 4.90 Å². The number of aliphatic hydroxyl groups is 1. The van der Waals surface area contributed by atoms with E-state index in [4.69, 9.17) is 9.84 Å². The summed E-state index contributed by atoms with van der Waals surface area (Å²) in [7, 11) is 3.57. The molecule has 0 saturated carbocycles. The Morgan fingerprint density at radius 3 is 2.84 bits per heavy atom. The first-order chi connectivity index (χ1) is 9.17. The number of benzene rings is 1. The van der Waals surface area contributed by atoms with Crippen molar-refractivity contribution in [3.63, 3.8) is 0 Å². The minimum Gasteiger partial charge on any atom is -0.395 e. The van der Waals surface area contributed by atoms with Gasteiger partial charge in [0.25, 0.3) is 0 Å². The van der Waals surface area contributed by atoms with Crippen LogP contribution < -0.4 is 0 Å². The molecular formula is C15H20FNO2. The second kappa shape index (κ2) is 8.65. The van der Waals surface area contributed by atoms with E-state index in [9.17, 15) is 4.39 Å².